The number of hydrogen-bond acceptors (Lipinski definition) is 4. The van der Waals surface area contributed by atoms with Crippen LogP contribution in [0, 0.1) is 34.5 Å². The second-order valence-corrected chi connectivity index (χ2v) is 10.7. The van der Waals surface area contributed by atoms with Gasteiger partial charge >= 0.3 is 5.97 Å². The summed E-state index contributed by atoms with van der Waals surface area (Å²) in [5.41, 5.74) is 0.185. The van der Waals surface area contributed by atoms with E-state index in [0.717, 1.165) is 63.4 Å². The van der Waals surface area contributed by atoms with Crippen LogP contribution in [0.1, 0.15) is 71.6 Å². The number of carbonyl (C=O) groups excluding carboxylic acids is 1. The summed E-state index contributed by atoms with van der Waals surface area (Å²) in [5.74, 6) is 1.45. The summed E-state index contributed by atoms with van der Waals surface area (Å²) in [5, 5.41) is 22.3. The Morgan fingerprint density at radius 2 is 1.85 bits per heavy atom. The molecule has 1 heterocycles. The Labute approximate surface area is 162 Å². The van der Waals surface area contributed by atoms with Gasteiger partial charge in [0.15, 0.2) is 0 Å². The molecule has 4 heteroatoms. The largest absolute Gasteiger partial charge is 0.458 e. The second-order valence-electron chi connectivity index (χ2n) is 10.7. The summed E-state index contributed by atoms with van der Waals surface area (Å²) < 4.78 is 5.20. The van der Waals surface area contributed by atoms with Crippen LogP contribution >= 0.6 is 0 Å². The minimum atomic E-state index is -0.672. The van der Waals surface area contributed by atoms with Gasteiger partial charge in [-0.2, -0.15) is 0 Å². The van der Waals surface area contributed by atoms with Gasteiger partial charge in [-0.15, -0.1) is 0 Å². The molecule has 4 fully saturated rings. The number of fused-ring (bicyclic) bond motifs is 5. The molecule has 4 saturated carbocycles. The summed E-state index contributed by atoms with van der Waals surface area (Å²) in [4.78, 5) is 12.2. The molecule has 0 bridgehead atoms. The van der Waals surface area contributed by atoms with Gasteiger partial charge in [0.1, 0.15) is 6.61 Å². The van der Waals surface area contributed by atoms with Gasteiger partial charge in [0.25, 0.3) is 0 Å². The molecule has 0 spiro atoms. The Kier molecular flexibility index (Phi) is 3.92. The van der Waals surface area contributed by atoms with E-state index < -0.39 is 5.60 Å². The average molecular weight is 375 g/mol. The molecule has 4 nitrogen and oxygen atoms in total. The predicted octanol–water partition coefficient (Wildman–Crippen LogP) is 3.60. The quantitative estimate of drug-likeness (QED) is 0.688. The first-order valence-corrected chi connectivity index (χ1v) is 11.1. The van der Waals surface area contributed by atoms with Gasteiger partial charge in [-0.25, -0.2) is 4.79 Å². The monoisotopic (exact) mass is 374 g/mol. The highest BCUT2D eigenvalue weighted by Gasteiger charge is 2.68. The Balaban J connectivity index is 1.48. The maximum Gasteiger partial charge on any atom is 0.334 e. The van der Waals surface area contributed by atoms with Gasteiger partial charge in [-0.3, -0.25) is 0 Å². The van der Waals surface area contributed by atoms with Gasteiger partial charge < -0.3 is 14.9 Å². The van der Waals surface area contributed by atoms with Crippen LogP contribution in [0.2, 0.25) is 0 Å². The van der Waals surface area contributed by atoms with Gasteiger partial charge in [0, 0.05) is 11.0 Å². The van der Waals surface area contributed by atoms with Gasteiger partial charge in [0.2, 0.25) is 0 Å². The second kappa shape index (κ2) is 5.82. The number of ether oxygens (including phenoxy) is 1. The minimum Gasteiger partial charge on any atom is -0.458 e. The van der Waals surface area contributed by atoms with E-state index >= 15 is 0 Å². The molecule has 0 aromatic heterocycles. The Hall–Kier alpha value is -0.870. The Bertz CT molecular complexity index is 686. The fourth-order valence-electron chi connectivity index (χ4n) is 8.36. The summed E-state index contributed by atoms with van der Waals surface area (Å²) in [6.07, 6.45) is 10.8. The lowest BCUT2D eigenvalue weighted by Crippen LogP contribution is -2.62. The zero-order chi connectivity index (χ0) is 19.0. The average Bonchev–Trinajstić information content (AvgIpc) is 3.16. The molecule has 2 N–H and O–H groups in total. The number of rotatable bonds is 1. The minimum absolute atomic E-state index is 0.132. The summed E-state index contributed by atoms with van der Waals surface area (Å²) in [6, 6.07) is 0. The van der Waals surface area contributed by atoms with E-state index in [1.54, 1.807) is 0 Å². The molecule has 0 saturated heterocycles. The summed E-state index contributed by atoms with van der Waals surface area (Å²) in [7, 11) is 0. The number of esters is 1. The zero-order valence-electron chi connectivity index (χ0n) is 16.7. The maximum atomic E-state index is 12.2. The third kappa shape index (κ3) is 2.26. The van der Waals surface area contributed by atoms with Crippen molar-refractivity contribution in [3.8, 4) is 0 Å². The zero-order valence-corrected chi connectivity index (χ0v) is 16.7. The van der Waals surface area contributed by atoms with E-state index in [-0.39, 0.29) is 28.8 Å². The highest BCUT2D eigenvalue weighted by molar-refractivity contribution is 5.91. The number of hydrogen-bond donors (Lipinski definition) is 2. The van der Waals surface area contributed by atoms with Crippen molar-refractivity contribution in [2.75, 3.05) is 6.61 Å². The summed E-state index contributed by atoms with van der Waals surface area (Å²) in [6.45, 7) is 5.08. The third-order valence-electron chi connectivity index (χ3n) is 9.95. The predicted molar refractivity (Wildman–Crippen MR) is 102 cm³/mol. The van der Waals surface area contributed by atoms with Crippen LogP contribution in [0.5, 0.6) is 0 Å². The Morgan fingerprint density at radius 3 is 2.59 bits per heavy atom. The van der Waals surface area contributed by atoms with Crippen LogP contribution in [0.4, 0.5) is 0 Å². The van der Waals surface area contributed by atoms with E-state index in [1.165, 1.54) is 0 Å². The molecular weight excluding hydrogens is 340 g/mol. The lowest BCUT2D eigenvalue weighted by molar-refractivity contribution is -0.208. The van der Waals surface area contributed by atoms with E-state index in [2.05, 4.69) is 13.8 Å². The van der Waals surface area contributed by atoms with Crippen LogP contribution in [-0.4, -0.2) is 34.5 Å². The lowest BCUT2D eigenvalue weighted by atomic mass is 9.43. The van der Waals surface area contributed by atoms with E-state index in [1.807, 2.05) is 6.08 Å². The third-order valence-corrected chi connectivity index (χ3v) is 9.95. The van der Waals surface area contributed by atoms with Crippen molar-refractivity contribution in [2.24, 2.45) is 34.5 Å². The molecular formula is C23H34O4. The molecule has 0 aromatic rings. The van der Waals surface area contributed by atoms with Gasteiger partial charge in [-0.05, 0) is 93.0 Å². The fraction of sp³-hybridized carbons (Fsp3) is 0.870. The molecule has 4 aliphatic carbocycles. The lowest BCUT2D eigenvalue weighted by Gasteiger charge is -2.63. The first-order chi connectivity index (χ1) is 12.8. The van der Waals surface area contributed by atoms with Crippen LogP contribution in [0.25, 0.3) is 0 Å². The normalized spacial score (nSPS) is 54.6. The molecule has 5 aliphatic rings. The molecule has 150 valence electrons. The van der Waals surface area contributed by atoms with Crippen molar-refractivity contribution in [1.29, 1.82) is 0 Å². The molecule has 1 aliphatic heterocycles. The van der Waals surface area contributed by atoms with Crippen molar-refractivity contribution < 1.29 is 19.7 Å². The molecule has 0 amide bonds. The van der Waals surface area contributed by atoms with E-state index in [9.17, 15) is 15.0 Å². The van der Waals surface area contributed by atoms with Crippen molar-refractivity contribution in [3.63, 3.8) is 0 Å². The number of aliphatic hydroxyl groups excluding tert-OH is 1. The molecule has 27 heavy (non-hydrogen) atoms. The van der Waals surface area contributed by atoms with Crippen molar-refractivity contribution in [1.82, 2.24) is 0 Å². The van der Waals surface area contributed by atoms with E-state index in [4.69, 9.17) is 4.74 Å². The van der Waals surface area contributed by atoms with Crippen LogP contribution in [0.3, 0.4) is 0 Å². The van der Waals surface area contributed by atoms with Gasteiger partial charge in [-0.1, -0.05) is 13.8 Å². The van der Waals surface area contributed by atoms with Gasteiger partial charge in [0.05, 0.1) is 11.7 Å². The first kappa shape index (κ1) is 18.2. The van der Waals surface area contributed by atoms with E-state index in [0.29, 0.717) is 24.4 Å². The van der Waals surface area contributed by atoms with Crippen LogP contribution in [-0.2, 0) is 9.53 Å². The van der Waals surface area contributed by atoms with Crippen LogP contribution in [0.15, 0.2) is 11.6 Å². The molecule has 5 rings (SSSR count). The van der Waals surface area contributed by atoms with Crippen molar-refractivity contribution in [2.45, 2.75) is 83.3 Å². The van der Waals surface area contributed by atoms with Crippen molar-refractivity contribution in [3.05, 3.63) is 11.6 Å². The number of aliphatic hydroxyl groups is 2. The Morgan fingerprint density at radius 1 is 1.04 bits per heavy atom. The number of carbonyl (C=O) groups is 1. The molecule has 0 aromatic carbocycles. The summed E-state index contributed by atoms with van der Waals surface area (Å²) >= 11 is 0. The smallest absolute Gasteiger partial charge is 0.334 e. The topological polar surface area (TPSA) is 66.8 Å². The number of cyclic esters (lactones) is 1. The molecule has 8 atom stereocenters. The SMILES string of the molecule is CC12CCC(O)CC1CCC1C2CCC2(C)[C@@H](C3=CCOC3=O)CCC12O. The standard InChI is InChI=1S/C23H34O4/c1-21-9-5-15(24)13-14(21)3-4-19-18(21)6-10-22(2)17(7-11-23(19,22)26)16-8-12-27-20(16)25/h8,14-15,17-19,24,26H,3-7,9-13H2,1-2H3/t14?,15?,17-,18?,19?,21?,22?,23?/m1/s1. The van der Waals surface area contributed by atoms with Crippen molar-refractivity contribution >= 4 is 5.97 Å². The molecule has 0 radical (unpaired) electrons. The maximum absolute atomic E-state index is 12.2. The van der Waals surface area contributed by atoms with Crippen LogP contribution < -0.4 is 0 Å². The fourth-order valence-corrected chi connectivity index (χ4v) is 8.36. The highest BCUT2D eigenvalue weighted by atomic mass is 16.5. The molecule has 7 unspecified atom stereocenters. The highest BCUT2D eigenvalue weighted by Crippen LogP contribution is 2.69. The first-order valence-electron chi connectivity index (χ1n) is 11.1.